The standard InChI is InChI=1S/C26H26N6O2/c1-4-18-9-21-14-27-26(30-25(21)24(12-18)33-3)29-23-11-19(16-32-5-7-34-8-6-32)10-20(13-23)22-15-28-31(2)17-22/h1,9-15,17H,5-8,16H2,2-3H3,(H,27,29,30). The molecule has 0 radical (unpaired) electrons. The third-order valence-corrected chi connectivity index (χ3v) is 5.83. The largest absolute Gasteiger partial charge is 0.494 e. The number of benzene rings is 2. The molecule has 0 amide bonds. The maximum absolute atomic E-state index is 5.57. The number of terminal acetylenes is 1. The first-order valence-electron chi connectivity index (χ1n) is 11.1. The summed E-state index contributed by atoms with van der Waals surface area (Å²) in [5.74, 6) is 3.75. The first-order valence-corrected chi connectivity index (χ1v) is 11.1. The van der Waals surface area contributed by atoms with E-state index in [1.54, 1.807) is 18.0 Å². The molecule has 0 saturated carbocycles. The van der Waals surface area contributed by atoms with Crippen LogP contribution in [0.15, 0.2) is 48.9 Å². The minimum Gasteiger partial charge on any atom is -0.494 e. The van der Waals surface area contributed by atoms with Gasteiger partial charge in [-0.05, 0) is 41.5 Å². The minimum atomic E-state index is 0.486. The molecular formula is C26H26N6O2. The number of hydrogen-bond donors (Lipinski definition) is 1. The fourth-order valence-electron chi connectivity index (χ4n) is 4.15. The highest BCUT2D eigenvalue weighted by Crippen LogP contribution is 2.29. The number of morpholine rings is 1. The molecule has 1 fully saturated rings. The van der Waals surface area contributed by atoms with Crippen molar-refractivity contribution in [3.63, 3.8) is 0 Å². The summed E-state index contributed by atoms with van der Waals surface area (Å²) >= 11 is 0. The van der Waals surface area contributed by atoms with Gasteiger partial charge in [0.15, 0.2) is 0 Å². The Bertz CT molecular complexity index is 1370. The summed E-state index contributed by atoms with van der Waals surface area (Å²) in [7, 11) is 3.53. The molecule has 3 heterocycles. The van der Waals surface area contributed by atoms with Crippen molar-refractivity contribution in [3.8, 4) is 29.2 Å². The minimum absolute atomic E-state index is 0.486. The van der Waals surface area contributed by atoms with Crippen LogP contribution in [0.5, 0.6) is 5.75 Å². The van der Waals surface area contributed by atoms with Crippen molar-refractivity contribution in [3.05, 3.63) is 60.0 Å². The van der Waals surface area contributed by atoms with Crippen LogP contribution in [0.4, 0.5) is 11.6 Å². The summed E-state index contributed by atoms with van der Waals surface area (Å²) in [5, 5.41) is 8.55. The SMILES string of the molecule is C#Cc1cc(OC)c2nc(Nc3cc(CN4CCOCC4)cc(-c4cnn(C)c4)c3)ncc2c1. The van der Waals surface area contributed by atoms with Gasteiger partial charge in [-0.25, -0.2) is 9.97 Å². The van der Waals surface area contributed by atoms with Crippen molar-refractivity contribution < 1.29 is 9.47 Å². The molecule has 5 rings (SSSR count). The smallest absolute Gasteiger partial charge is 0.227 e. The number of hydrogen-bond acceptors (Lipinski definition) is 7. The van der Waals surface area contributed by atoms with Crippen LogP contribution in [0, 0.1) is 12.3 Å². The Morgan fingerprint density at radius 1 is 1.12 bits per heavy atom. The van der Waals surface area contributed by atoms with E-state index < -0.39 is 0 Å². The Morgan fingerprint density at radius 2 is 1.97 bits per heavy atom. The molecule has 0 bridgehead atoms. The second-order valence-electron chi connectivity index (χ2n) is 8.29. The van der Waals surface area contributed by atoms with Gasteiger partial charge in [-0.3, -0.25) is 9.58 Å². The number of aryl methyl sites for hydroxylation is 1. The molecule has 1 N–H and O–H groups in total. The van der Waals surface area contributed by atoms with Crippen molar-refractivity contribution in [1.29, 1.82) is 0 Å². The maximum Gasteiger partial charge on any atom is 0.227 e. The highest BCUT2D eigenvalue weighted by Gasteiger charge is 2.14. The van der Waals surface area contributed by atoms with Crippen LogP contribution in [-0.4, -0.2) is 58.1 Å². The molecule has 4 aromatic rings. The summed E-state index contributed by atoms with van der Waals surface area (Å²) in [6.45, 7) is 4.22. The predicted octanol–water partition coefficient (Wildman–Crippen LogP) is 3.60. The lowest BCUT2D eigenvalue weighted by atomic mass is 10.0. The number of nitrogens with one attached hydrogen (secondary N) is 1. The third-order valence-electron chi connectivity index (χ3n) is 5.83. The Kier molecular flexibility index (Phi) is 6.12. The van der Waals surface area contributed by atoms with E-state index in [0.717, 1.165) is 60.6 Å². The second-order valence-corrected chi connectivity index (χ2v) is 8.29. The maximum atomic E-state index is 5.57. The number of ether oxygens (including phenoxy) is 2. The Balaban J connectivity index is 1.50. The van der Waals surface area contributed by atoms with Gasteiger partial charge in [0.1, 0.15) is 11.3 Å². The zero-order valence-corrected chi connectivity index (χ0v) is 19.3. The Hall–Kier alpha value is -3.93. The van der Waals surface area contributed by atoms with Gasteiger partial charge in [-0.2, -0.15) is 5.10 Å². The summed E-state index contributed by atoms with van der Waals surface area (Å²) in [6.07, 6.45) is 11.2. The number of anilines is 2. The van der Waals surface area contributed by atoms with Gasteiger partial charge in [0.2, 0.25) is 5.95 Å². The molecular weight excluding hydrogens is 428 g/mol. The molecule has 1 saturated heterocycles. The Labute approximate surface area is 198 Å². The van der Waals surface area contributed by atoms with E-state index in [0.29, 0.717) is 17.2 Å². The van der Waals surface area contributed by atoms with E-state index in [4.69, 9.17) is 20.9 Å². The quantitative estimate of drug-likeness (QED) is 0.446. The summed E-state index contributed by atoms with van der Waals surface area (Å²) < 4.78 is 12.8. The average molecular weight is 455 g/mol. The predicted molar refractivity (Wildman–Crippen MR) is 132 cm³/mol. The van der Waals surface area contributed by atoms with Gasteiger partial charge in [0.05, 0.1) is 26.5 Å². The molecule has 1 aliphatic rings. The molecule has 0 unspecified atom stereocenters. The lowest BCUT2D eigenvalue weighted by Crippen LogP contribution is -2.35. The van der Waals surface area contributed by atoms with Crippen LogP contribution in [0.25, 0.3) is 22.0 Å². The van der Waals surface area contributed by atoms with Crippen LogP contribution >= 0.6 is 0 Å². The van der Waals surface area contributed by atoms with Gasteiger partial charge in [0, 0.05) is 61.3 Å². The van der Waals surface area contributed by atoms with Gasteiger partial charge in [-0.15, -0.1) is 6.42 Å². The van der Waals surface area contributed by atoms with Gasteiger partial charge in [0.25, 0.3) is 0 Å². The summed E-state index contributed by atoms with van der Waals surface area (Å²) in [5.41, 5.74) is 5.67. The number of fused-ring (bicyclic) bond motifs is 1. The molecule has 2 aromatic heterocycles. The van der Waals surface area contributed by atoms with Gasteiger partial charge >= 0.3 is 0 Å². The van der Waals surface area contributed by atoms with E-state index in [1.807, 2.05) is 31.6 Å². The van der Waals surface area contributed by atoms with Crippen LogP contribution < -0.4 is 10.1 Å². The normalized spacial score (nSPS) is 14.1. The van der Waals surface area contributed by atoms with Crippen LogP contribution in [-0.2, 0) is 18.3 Å². The number of nitrogens with zero attached hydrogens (tertiary/aromatic N) is 5. The van der Waals surface area contributed by atoms with Crippen LogP contribution in [0.1, 0.15) is 11.1 Å². The average Bonchev–Trinajstić information content (AvgIpc) is 3.30. The van der Waals surface area contributed by atoms with Crippen molar-refractivity contribution >= 4 is 22.5 Å². The monoisotopic (exact) mass is 454 g/mol. The zero-order chi connectivity index (χ0) is 23.5. The molecule has 0 atom stereocenters. The highest BCUT2D eigenvalue weighted by atomic mass is 16.5. The summed E-state index contributed by atoms with van der Waals surface area (Å²) in [6, 6.07) is 10.1. The van der Waals surface area contributed by atoms with Crippen molar-refractivity contribution in [2.45, 2.75) is 6.54 Å². The molecule has 0 spiro atoms. The van der Waals surface area contributed by atoms with E-state index in [-0.39, 0.29) is 0 Å². The molecule has 34 heavy (non-hydrogen) atoms. The fourth-order valence-corrected chi connectivity index (χ4v) is 4.15. The van der Waals surface area contributed by atoms with Gasteiger partial charge in [-0.1, -0.05) is 5.92 Å². The van der Waals surface area contributed by atoms with Crippen molar-refractivity contribution in [1.82, 2.24) is 24.6 Å². The number of aromatic nitrogens is 4. The van der Waals surface area contributed by atoms with E-state index in [1.165, 1.54) is 5.56 Å². The lowest BCUT2D eigenvalue weighted by Gasteiger charge is -2.27. The van der Waals surface area contributed by atoms with Crippen molar-refractivity contribution in [2.75, 3.05) is 38.7 Å². The molecule has 172 valence electrons. The van der Waals surface area contributed by atoms with Gasteiger partial charge < -0.3 is 14.8 Å². The first kappa shape index (κ1) is 21.9. The van der Waals surface area contributed by atoms with E-state index >= 15 is 0 Å². The molecule has 0 aliphatic carbocycles. The molecule has 8 nitrogen and oxygen atoms in total. The molecule has 8 heteroatoms. The molecule has 2 aromatic carbocycles. The molecule has 1 aliphatic heterocycles. The van der Waals surface area contributed by atoms with Crippen molar-refractivity contribution in [2.24, 2.45) is 7.05 Å². The van der Waals surface area contributed by atoms with E-state index in [9.17, 15) is 0 Å². The van der Waals surface area contributed by atoms with E-state index in [2.05, 4.69) is 44.4 Å². The highest BCUT2D eigenvalue weighted by molar-refractivity contribution is 5.86. The van der Waals surface area contributed by atoms with Crippen LogP contribution in [0.2, 0.25) is 0 Å². The topological polar surface area (TPSA) is 77.3 Å². The van der Waals surface area contributed by atoms with Crippen LogP contribution in [0.3, 0.4) is 0 Å². The Morgan fingerprint density at radius 3 is 2.71 bits per heavy atom. The first-order chi connectivity index (χ1) is 16.6. The lowest BCUT2D eigenvalue weighted by molar-refractivity contribution is 0.0342. The summed E-state index contributed by atoms with van der Waals surface area (Å²) in [4.78, 5) is 11.6. The third kappa shape index (κ3) is 4.71. The fraction of sp³-hybridized carbons (Fsp3) is 0.269. The zero-order valence-electron chi connectivity index (χ0n) is 19.3. The number of rotatable bonds is 6. The number of methoxy groups -OCH3 is 1. The second kappa shape index (κ2) is 9.51.